The van der Waals surface area contributed by atoms with Gasteiger partial charge in [0.1, 0.15) is 0 Å². The molecule has 1 amide bonds. The predicted octanol–water partition coefficient (Wildman–Crippen LogP) is 10.6. The number of rotatable bonds is 27. The second-order valence-electron chi connectivity index (χ2n) is 10.2. The molecule has 2 nitrogen and oxygen atoms in total. The van der Waals surface area contributed by atoms with E-state index >= 15 is 0 Å². The molecule has 0 atom stereocenters. The Morgan fingerprint density at radius 3 is 1.21 bits per heavy atom. The highest BCUT2D eigenvalue weighted by molar-refractivity contribution is 9.09. The van der Waals surface area contributed by atoms with Gasteiger partial charge in [0.15, 0.2) is 0 Å². The number of carbonyl (C=O) groups is 1. The maximum atomic E-state index is 12.9. The summed E-state index contributed by atoms with van der Waals surface area (Å²) in [6.45, 7) is 6.53. The van der Waals surface area contributed by atoms with Crippen LogP contribution in [0.4, 0.5) is 0 Å². The standard InChI is InChI=1S/C30H60BrNO/c1-3-5-7-9-10-11-13-16-20-24-28-32(30(33)26-22-18-8-6-4-2)29-25-21-17-14-12-15-19-23-27-31/h3-29H2,1-2H3. The van der Waals surface area contributed by atoms with Crippen LogP contribution in [0.1, 0.15) is 168 Å². The number of halogens is 1. The molecular weight excluding hydrogens is 470 g/mol. The van der Waals surface area contributed by atoms with E-state index < -0.39 is 0 Å². The minimum Gasteiger partial charge on any atom is -0.343 e. The molecule has 0 fully saturated rings. The van der Waals surface area contributed by atoms with E-state index in [0.29, 0.717) is 5.91 Å². The second kappa shape index (κ2) is 28.2. The number of hydrogen-bond donors (Lipinski definition) is 0. The molecule has 0 rings (SSSR count). The number of alkyl halides is 1. The fraction of sp³-hybridized carbons (Fsp3) is 0.967. The SMILES string of the molecule is CCCCCCCCCCCCN(CCCCCCCCCCBr)C(=O)CCCCCCC. The smallest absolute Gasteiger partial charge is 0.222 e. The molecule has 0 aliphatic rings. The number of carbonyl (C=O) groups excluding carboxylic acids is 1. The van der Waals surface area contributed by atoms with Crippen molar-refractivity contribution < 1.29 is 4.79 Å². The number of hydrogen-bond acceptors (Lipinski definition) is 1. The molecule has 0 aliphatic heterocycles. The van der Waals surface area contributed by atoms with Gasteiger partial charge in [0.05, 0.1) is 0 Å². The second-order valence-corrected chi connectivity index (χ2v) is 11.0. The van der Waals surface area contributed by atoms with Gasteiger partial charge in [-0.15, -0.1) is 0 Å². The summed E-state index contributed by atoms with van der Waals surface area (Å²) in [5, 5.41) is 1.15. The third-order valence-electron chi connectivity index (χ3n) is 6.94. The zero-order valence-corrected chi connectivity index (χ0v) is 24.4. The van der Waals surface area contributed by atoms with Crippen LogP contribution in [0, 0.1) is 0 Å². The lowest BCUT2D eigenvalue weighted by Gasteiger charge is -2.23. The summed E-state index contributed by atoms with van der Waals surface area (Å²) in [4.78, 5) is 15.1. The molecule has 0 aromatic carbocycles. The summed E-state index contributed by atoms with van der Waals surface area (Å²) in [6.07, 6.45) is 31.2. The minimum absolute atomic E-state index is 0.428. The van der Waals surface area contributed by atoms with E-state index in [9.17, 15) is 4.79 Å². The summed E-state index contributed by atoms with van der Waals surface area (Å²) in [6, 6.07) is 0. The number of amides is 1. The molecule has 198 valence electrons. The largest absolute Gasteiger partial charge is 0.343 e. The van der Waals surface area contributed by atoms with Crippen LogP contribution in [0.15, 0.2) is 0 Å². The lowest BCUT2D eigenvalue weighted by Crippen LogP contribution is -2.32. The van der Waals surface area contributed by atoms with Gasteiger partial charge >= 0.3 is 0 Å². The zero-order valence-electron chi connectivity index (χ0n) is 22.8. The lowest BCUT2D eigenvalue weighted by atomic mass is 10.1. The van der Waals surface area contributed by atoms with Crippen LogP contribution < -0.4 is 0 Å². The van der Waals surface area contributed by atoms with Crippen LogP contribution in [0.25, 0.3) is 0 Å². The summed E-state index contributed by atoms with van der Waals surface area (Å²) >= 11 is 3.52. The van der Waals surface area contributed by atoms with E-state index in [0.717, 1.165) is 31.3 Å². The molecule has 0 N–H and O–H groups in total. The van der Waals surface area contributed by atoms with Crippen molar-refractivity contribution in [1.29, 1.82) is 0 Å². The van der Waals surface area contributed by atoms with Gasteiger partial charge in [-0.3, -0.25) is 4.79 Å². The van der Waals surface area contributed by atoms with Crippen molar-refractivity contribution in [2.24, 2.45) is 0 Å². The first-order chi connectivity index (χ1) is 16.3. The topological polar surface area (TPSA) is 20.3 Å². The third-order valence-corrected chi connectivity index (χ3v) is 7.50. The highest BCUT2D eigenvalue weighted by Crippen LogP contribution is 2.14. The van der Waals surface area contributed by atoms with Crippen molar-refractivity contribution in [3.8, 4) is 0 Å². The normalized spacial score (nSPS) is 11.2. The zero-order chi connectivity index (χ0) is 24.2. The van der Waals surface area contributed by atoms with Crippen molar-refractivity contribution in [2.45, 2.75) is 168 Å². The molecule has 33 heavy (non-hydrogen) atoms. The van der Waals surface area contributed by atoms with Gasteiger partial charge in [0.2, 0.25) is 5.91 Å². The highest BCUT2D eigenvalue weighted by atomic mass is 79.9. The van der Waals surface area contributed by atoms with Crippen molar-refractivity contribution in [1.82, 2.24) is 4.90 Å². The molecule has 0 bridgehead atoms. The van der Waals surface area contributed by atoms with E-state index in [2.05, 4.69) is 34.7 Å². The third kappa shape index (κ3) is 24.9. The van der Waals surface area contributed by atoms with Gasteiger partial charge in [0, 0.05) is 24.8 Å². The Morgan fingerprint density at radius 2 is 0.818 bits per heavy atom. The Labute approximate surface area is 217 Å². The Morgan fingerprint density at radius 1 is 0.485 bits per heavy atom. The molecule has 0 spiro atoms. The summed E-state index contributed by atoms with van der Waals surface area (Å²) < 4.78 is 0. The van der Waals surface area contributed by atoms with Gasteiger partial charge < -0.3 is 4.90 Å². The van der Waals surface area contributed by atoms with E-state index in [1.165, 1.54) is 141 Å². The maximum absolute atomic E-state index is 12.9. The first-order valence-electron chi connectivity index (χ1n) is 15.1. The summed E-state index contributed by atoms with van der Waals surface area (Å²) in [7, 11) is 0. The Balaban J connectivity index is 3.99. The van der Waals surface area contributed by atoms with Crippen molar-refractivity contribution in [3.05, 3.63) is 0 Å². The van der Waals surface area contributed by atoms with E-state index in [-0.39, 0.29) is 0 Å². The summed E-state index contributed by atoms with van der Waals surface area (Å²) in [5.41, 5.74) is 0. The first kappa shape index (κ1) is 33.0. The van der Waals surface area contributed by atoms with E-state index in [4.69, 9.17) is 0 Å². The van der Waals surface area contributed by atoms with Crippen molar-refractivity contribution >= 4 is 21.8 Å². The Hall–Kier alpha value is -0.0500. The average molecular weight is 531 g/mol. The van der Waals surface area contributed by atoms with Crippen LogP contribution >= 0.6 is 15.9 Å². The van der Waals surface area contributed by atoms with Crippen molar-refractivity contribution in [3.63, 3.8) is 0 Å². The van der Waals surface area contributed by atoms with Gasteiger partial charge in [-0.05, 0) is 25.7 Å². The van der Waals surface area contributed by atoms with Crippen LogP contribution in [-0.2, 0) is 4.79 Å². The van der Waals surface area contributed by atoms with Gasteiger partial charge in [-0.2, -0.15) is 0 Å². The van der Waals surface area contributed by atoms with Gasteiger partial charge in [-0.1, -0.05) is 152 Å². The molecule has 0 saturated carbocycles. The average Bonchev–Trinajstić information content (AvgIpc) is 2.82. The Bertz CT molecular complexity index is 387. The molecule has 0 aliphatic carbocycles. The van der Waals surface area contributed by atoms with Crippen LogP contribution in [-0.4, -0.2) is 29.2 Å². The highest BCUT2D eigenvalue weighted by Gasteiger charge is 2.12. The van der Waals surface area contributed by atoms with E-state index in [1.54, 1.807) is 0 Å². The summed E-state index contributed by atoms with van der Waals surface area (Å²) in [5.74, 6) is 0.428. The number of nitrogens with zero attached hydrogens (tertiary/aromatic N) is 1. The fourth-order valence-corrected chi connectivity index (χ4v) is 5.04. The molecule has 0 aromatic heterocycles. The first-order valence-corrected chi connectivity index (χ1v) is 16.2. The molecule has 3 heteroatoms. The van der Waals surface area contributed by atoms with Crippen LogP contribution in [0.5, 0.6) is 0 Å². The minimum atomic E-state index is 0.428. The molecule has 0 aromatic rings. The molecular formula is C30H60BrNO. The molecule has 0 saturated heterocycles. The van der Waals surface area contributed by atoms with Crippen LogP contribution in [0.2, 0.25) is 0 Å². The predicted molar refractivity (Wildman–Crippen MR) is 153 cm³/mol. The van der Waals surface area contributed by atoms with E-state index in [1.807, 2.05) is 0 Å². The lowest BCUT2D eigenvalue weighted by molar-refractivity contribution is -0.131. The molecule has 0 heterocycles. The fourth-order valence-electron chi connectivity index (χ4n) is 4.65. The van der Waals surface area contributed by atoms with Crippen molar-refractivity contribution in [2.75, 3.05) is 18.4 Å². The number of unbranched alkanes of at least 4 members (excludes halogenated alkanes) is 20. The Kier molecular flexibility index (Phi) is 28.1. The molecule has 0 radical (unpaired) electrons. The molecule has 0 unspecified atom stereocenters. The maximum Gasteiger partial charge on any atom is 0.222 e. The van der Waals surface area contributed by atoms with Gasteiger partial charge in [-0.25, -0.2) is 0 Å². The van der Waals surface area contributed by atoms with Crippen LogP contribution in [0.3, 0.4) is 0 Å². The quantitative estimate of drug-likeness (QED) is 0.0764. The van der Waals surface area contributed by atoms with Gasteiger partial charge in [0.25, 0.3) is 0 Å². The monoisotopic (exact) mass is 529 g/mol.